The molecule has 12 heteroatoms. The van der Waals surface area contributed by atoms with Crippen molar-refractivity contribution in [1.29, 1.82) is 0 Å². The summed E-state index contributed by atoms with van der Waals surface area (Å²) >= 11 is 0. The summed E-state index contributed by atoms with van der Waals surface area (Å²) in [4.78, 5) is 80.6. The molecule has 2 unspecified atom stereocenters. The summed E-state index contributed by atoms with van der Waals surface area (Å²) in [6, 6.07) is 4.45. The van der Waals surface area contributed by atoms with Gasteiger partial charge in [0.1, 0.15) is 24.7 Å². The van der Waals surface area contributed by atoms with Gasteiger partial charge in [-0.05, 0) is 46.0 Å². The number of urea groups is 1. The Bertz CT molecular complexity index is 1390. The largest absolute Gasteiger partial charge is 0.459 e. The smallest absolute Gasteiger partial charge is 0.329 e. The van der Waals surface area contributed by atoms with Crippen molar-refractivity contribution < 1.29 is 33.5 Å². The molecule has 0 bridgehead atoms. The summed E-state index contributed by atoms with van der Waals surface area (Å²) in [7, 11) is 0. The number of hydrogen-bond donors (Lipinski definition) is 4. The quantitative estimate of drug-likeness (QED) is 0.198. The van der Waals surface area contributed by atoms with E-state index in [1.807, 2.05) is 44.2 Å². The monoisotopic (exact) mass is 653 g/mol. The van der Waals surface area contributed by atoms with Gasteiger partial charge in [0.2, 0.25) is 17.6 Å². The van der Waals surface area contributed by atoms with Crippen LogP contribution in [-0.2, 0) is 35.3 Å². The van der Waals surface area contributed by atoms with Gasteiger partial charge in [0, 0.05) is 6.54 Å². The topological polar surface area (TPSA) is 177 Å². The first kappa shape index (κ1) is 35.9. The number of likely N-dealkylation sites (tertiary alicyclic amines) is 1. The van der Waals surface area contributed by atoms with Crippen LogP contribution in [0.1, 0.15) is 80.2 Å². The minimum Gasteiger partial charge on any atom is -0.459 e. The number of esters is 1. The summed E-state index contributed by atoms with van der Waals surface area (Å²) in [6.07, 6.45) is 2.14. The molecule has 3 aliphatic rings. The molecule has 4 rings (SSSR count). The van der Waals surface area contributed by atoms with Gasteiger partial charge in [-0.3, -0.25) is 19.2 Å². The lowest BCUT2D eigenvalue weighted by atomic mass is 9.85. The predicted octanol–water partition coefficient (Wildman–Crippen LogP) is 2.68. The van der Waals surface area contributed by atoms with E-state index in [-0.39, 0.29) is 29.8 Å². The lowest BCUT2D eigenvalue weighted by Gasteiger charge is -2.38. The van der Waals surface area contributed by atoms with Crippen molar-refractivity contribution in [2.24, 2.45) is 39.7 Å². The molecule has 47 heavy (non-hydrogen) atoms. The van der Waals surface area contributed by atoms with Crippen LogP contribution in [0.25, 0.3) is 0 Å². The van der Waals surface area contributed by atoms with Gasteiger partial charge in [-0.1, -0.05) is 98.6 Å². The van der Waals surface area contributed by atoms with E-state index in [2.05, 4.69) is 16.0 Å². The van der Waals surface area contributed by atoms with Crippen LogP contribution < -0.4 is 21.7 Å². The Hall–Kier alpha value is -3.96. The molecule has 0 spiro atoms. The maximum absolute atomic E-state index is 14.3. The number of carbonyl (C=O) groups is 6. The number of ketones is 1. The van der Waals surface area contributed by atoms with Crippen molar-refractivity contribution in [3.8, 4) is 0 Å². The Labute approximate surface area is 277 Å². The highest BCUT2D eigenvalue weighted by Crippen LogP contribution is 2.65. The molecule has 1 aromatic rings. The average molecular weight is 654 g/mol. The molecule has 0 aromatic heterocycles. The van der Waals surface area contributed by atoms with E-state index < -0.39 is 70.5 Å². The van der Waals surface area contributed by atoms with Crippen molar-refractivity contribution in [2.75, 3.05) is 6.54 Å². The molecule has 6 atom stereocenters. The summed E-state index contributed by atoms with van der Waals surface area (Å²) < 4.78 is 5.53. The lowest BCUT2D eigenvalue weighted by Crippen LogP contribution is -2.62. The second-order valence-electron chi connectivity index (χ2n) is 16.2. The number of piperidine rings is 1. The molecule has 3 fully saturated rings. The van der Waals surface area contributed by atoms with Crippen molar-refractivity contribution in [2.45, 2.75) is 105 Å². The van der Waals surface area contributed by atoms with Gasteiger partial charge >= 0.3 is 12.0 Å². The molecule has 5 N–H and O–H groups in total. The fraction of sp³-hybridized carbons (Fsp3) is 0.657. The standard InChI is InChI=1S/C35H51N5O7/c1-33(2,3)26(38-32(46)39-27(34(4,5)6)31(45)47-18-20-12-10-9-11-13-20)30(44)40-17-21-23(35(21,7)8)24(40)29(43)37-22(16-19-14-15-19)25(41)28(36)42/h9-13,19,21-24,26-27H,14-18H2,1-8H3,(H2,36,42)(H,37,43)(H2,38,39,46)/t21-,22?,23?,24-,26+,27+/m0/s1. The molecular weight excluding hydrogens is 602 g/mol. The zero-order valence-electron chi connectivity index (χ0n) is 28.8. The molecule has 2 saturated carbocycles. The number of nitrogens with two attached hydrogens (primary N) is 1. The third kappa shape index (κ3) is 8.31. The minimum absolute atomic E-state index is 0.0439. The number of nitrogens with one attached hydrogen (secondary N) is 3. The third-order valence-corrected chi connectivity index (χ3v) is 9.89. The van der Waals surface area contributed by atoms with Crippen molar-refractivity contribution in [3.05, 3.63) is 35.9 Å². The van der Waals surface area contributed by atoms with Crippen molar-refractivity contribution in [1.82, 2.24) is 20.9 Å². The Morgan fingerprint density at radius 3 is 2.02 bits per heavy atom. The maximum atomic E-state index is 14.3. The first-order valence-corrected chi connectivity index (χ1v) is 16.5. The molecule has 5 amide bonds. The second kappa shape index (κ2) is 13.3. The number of Topliss-reactive ketones (excluding diaryl/α,β-unsaturated/α-hetero) is 1. The maximum Gasteiger partial charge on any atom is 0.329 e. The summed E-state index contributed by atoms with van der Waals surface area (Å²) in [5.41, 5.74) is 4.40. The number of rotatable bonds is 12. The number of fused-ring (bicyclic) bond motifs is 1. The number of carbonyl (C=O) groups excluding carboxylic acids is 6. The highest BCUT2D eigenvalue weighted by atomic mass is 16.5. The first-order valence-electron chi connectivity index (χ1n) is 16.5. The van der Waals surface area contributed by atoms with Gasteiger partial charge in [-0.25, -0.2) is 9.59 Å². The summed E-state index contributed by atoms with van der Waals surface area (Å²) in [6.45, 7) is 15.2. The van der Waals surface area contributed by atoms with Gasteiger partial charge in [0.25, 0.3) is 5.91 Å². The van der Waals surface area contributed by atoms with Crippen molar-refractivity contribution in [3.63, 3.8) is 0 Å². The first-order chi connectivity index (χ1) is 21.7. The molecule has 2 aliphatic carbocycles. The zero-order valence-corrected chi connectivity index (χ0v) is 28.8. The number of amides is 5. The molecular formula is C35H51N5O7. The van der Waals surface area contributed by atoms with Crippen LogP contribution in [0, 0.1) is 34.0 Å². The molecule has 0 radical (unpaired) electrons. The van der Waals surface area contributed by atoms with Crippen LogP contribution in [0.4, 0.5) is 4.79 Å². The Balaban J connectivity index is 1.50. The second-order valence-corrected chi connectivity index (χ2v) is 16.2. The van der Waals surface area contributed by atoms with E-state index in [1.165, 1.54) is 4.90 Å². The zero-order chi connectivity index (χ0) is 35.1. The lowest BCUT2D eigenvalue weighted by molar-refractivity contribution is -0.150. The minimum atomic E-state index is -1.11. The normalized spacial score (nSPS) is 23.4. The van der Waals surface area contributed by atoms with E-state index in [0.717, 1.165) is 18.4 Å². The highest BCUT2D eigenvalue weighted by molar-refractivity contribution is 6.37. The number of benzene rings is 1. The number of ether oxygens (including phenoxy) is 1. The number of primary amides is 1. The molecule has 1 heterocycles. The number of hydrogen-bond acceptors (Lipinski definition) is 7. The summed E-state index contributed by atoms with van der Waals surface area (Å²) in [5, 5.41) is 8.26. The van der Waals surface area contributed by atoms with Crippen LogP contribution in [0.3, 0.4) is 0 Å². The predicted molar refractivity (Wildman–Crippen MR) is 174 cm³/mol. The SMILES string of the molecule is CC(C)(C)[C@H](NC(=O)N[C@H](C(=O)N1C[C@H]2C([C@H]1C(=O)NC(CC1CC1)C(=O)C(N)=O)C2(C)C)C(C)(C)C)C(=O)OCc1ccccc1. The molecule has 12 nitrogen and oxygen atoms in total. The average Bonchev–Trinajstić information content (AvgIpc) is 3.83. The van der Waals surface area contributed by atoms with Gasteiger partial charge in [-0.2, -0.15) is 0 Å². The fourth-order valence-corrected chi connectivity index (χ4v) is 6.72. The van der Waals surface area contributed by atoms with Gasteiger partial charge < -0.3 is 31.3 Å². The van der Waals surface area contributed by atoms with Crippen LogP contribution >= 0.6 is 0 Å². The van der Waals surface area contributed by atoms with Crippen LogP contribution in [-0.4, -0.2) is 71.1 Å². The van der Waals surface area contributed by atoms with Gasteiger partial charge in [0.05, 0.1) is 6.04 Å². The van der Waals surface area contributed by atoms with E-state index in [4.69, 9.17) is 10.5 Å². The van der Waals surface area contributed by atoms with E-state index in [1.54, 1.807) is 41.5 Å². The van der Waals surface area contributed by atoms with Gasteiger partial charge in [0.15, 0.2) is 0 Å². The third-order valence-electron chi connectivity index (χ3n) is 9.89. The van der Waals surface area contributed by atoms with E-state index >= 15 is 0 Å². The van der Waals surface area contributed by atoms with E-state index in [9.17, 15) is 28.8 Å². The summed E-state index contributed by atoms with van der Waals surface area (Å²) in [5.74, 6) is -3.41. The van der Waals surface area contributed by atoms with Crippen LogP contribution in [0.2, 0.25) is 0 Å². The Morgan fingerprint density at radius 1 is 0.915 bits per heavy atom. The Morgan fingerprint density at radius 2 is 1.49 bits per heavy atom. The van der Waals surface area contributed by atoms with Gasteiger partial charge in [-0.15, -0.1) is 0 Å². The number of nitrogens with zero attached hydrogens (tertiary/aromatic N) is 1. The molecule has 1 saturated heterocycles. The molecule has 1 aromatic carbocycles. The van der Waals surface area contributed by atoms with Crippen LogP contribution in [0.15, 0.2) is 30.3 Å². The molecule has 1 aliphatic heterocycles. The highest BCUT2D eigenvalue weighted by Gasteiger charge is 2.70. The fourth-order valence-electron chi connectivity index (χ4n) is 6.72. The Kier molecular flexibility index (Phi) is 10.1. The molecule has 258 valence electrons. The van der Waals surface area contributed by atoms with Crippen molar-refractivity contribution >= 4 is 35.5 Å². The van der Waals surface area contributed by atoms with E-state index in [0.29, 0.717) is 13.0 Å². The van der Waals surface area contributed by atoms with Crippen LogP contribution in [0.5, 0.6) is 0 Å².